The zero-order chi connectivity index (χ0) is 13.0. The Morgan fingerprint density at radius 2 is 2.06 bits per heavy atom. The van der Waals surface area contributed by atoms with E-state index in [9.17, 15) is 0 Å². The molecule has 2 fully saturated rings. The fraction of sp³-hybridized carbons (Fsp3) is 1.00. The van der Waals surface area contributed by atoms with E-state index in [1.807, 2.05) is 7.11 Å². The number of rotatable bonds is 4. The van der Waals surface area contributed by atoms with Crippen LogP contribution in [0.4, 0.5) is 0 Å². The molecule has 1 heterocycles. The van der Waals surface area contributed by atoms with Crippen molar-refractivity contribution in [3.63, 3.8) is 0 Å². The molecule has 0 radical (unpaired) electrons. The van der Waals surface area contributed by atoms with Crippen molar-refractivity contribution in [1.29, 1.82) is 0 Å². The summed E-state index contributed by atoms with van der Waals surface area (Å²) in [7, 11) is 1.81. The molecule has 1 aliphatic carbocycles. The molecule has 1 N–H and O–H groups in total. The van der Waals surface area contributed by atoms with Gasteiger partial charge in [0.1, 0.15) is 0 Å². The molecule has 3 nitrogen and oxygen atoms in total. The molecule has 1 saturated heterocycles. The minimum atomic E-state index is 0.442. The van der Waals surface area contributed by atoms with Gasteiger partial charge in [0.2, 0.25) is 0 Å². The fourth-order valence-corrected chi connectivity index (χ4v) is 3.78. The molecule has 2 rings (SSSR count). The third-order valence-electron chi connectivity index (χ3n) is 4.92. The Morgan fingerprint density at radius 3 is 2.72 bits per heavy atom. The number of nitrogens with one attached hydrogen (secondary N) is 1. The largest absolute Gasteiger partial charge is 0.385 e. The smallest absolute Gasteiger partial charge is 0.0477 e. The lowest BCUT2D eigenvalue weighted by molar-refractivity contribution is -0.0229. The summed E-state index contributed by atoms with van der Waals surface area (Å²) in [6, 6.07) is 1.27. The van der Waals surface area contributed by atoms with E-state index in [1.54, 1.807) is 0 Å². The first-order valence-corrected chi connectivity index (χ1v) is 7.67. The minimum Gasteiger partial charge on any atom is -0.385 e. The SMILES string of the molecule is COCCC(C)N1CC(C)NCC12CCCCC2. The van der Waals surface area contributed by atoms with Crippen LogP contribution in [-0.2, 0) is 4.74 Å². The van der Waals surface area contributed by atoms with Gasteiger partial charge in [0.15, 0.2) is 0 Å². The normalized spacial score (nSPS) is 30.5. The zero-order valence-corrected chi connectivity index (χ0v) is 12.4. The summed E-state index contributed by atoms with van der Waals surface area (Å²) >= 11 is 0. The maximum absolute atomic E-state index is 5.26. The van der Waals surface area contributed by atoms with Gasteiger partial charge >= 0.3 is 0 Å². The van der Waals surface area contributed by atoms with Crippen LogP contribution in [0.1, 0.15) is 52.4 Å². The number of methoxy groups -OCH3 is 1. The maximum Gasteiger partial charge on any atom is 0.0477 e. The fourth-order valence-electron chi connectivity index (χ4n) is 3.78. The Morgan fingerprint density at radius 1 is 1.33 bits per heavy atom. The van der Waals surface area contributed by atoms with Gasteiger partial charge in [-0.1, -0.05) is 19.3 Å². The lowest BCUT2D eigenvalue weighted by atomic mass is 9.77. The van der Waals surface area contributed by atoms with Crippen LogP contribution >= 0.6 is 0 Å². The molecule has 0 amide bonds. The summed E-state index contributed by atoms with van der Waals surface area (Å²) in [5, 5.41) is 3.71. The van der Waals surface area contributed by atoms with E-state index in [1.165, 1.54) is 45.2 Å². The summed E-state index contributed by atoms with van der Waals surface area (Å²) in [6.07, 6.45) is 8.16. The lowest BCUT2D eigenvalue weighted by Crippen LogP contribution is -2.66. The van der Waals surface area contributed by atoms with Gasteiger partial charge in [0, 0.05) is 44.4 Å². The van der Waals surface area contributed by atoms with Crippen LogP contribution in [0.25, 0.3) is 0 Å². The van der Waals surface area contributed by atoms with E-state index >= 15 is 0 Å². The first-order chi connectivity index (χ1) is 8.68. The predicted octanol–water partition coefficient (Wildman–Crippen LogP) is 2.41. The number of ether oxygens (including phenoxy) is 1. The lowest BCUT2D eigenvalue weighted by Gasteiger charge is -2.54. The molecule has 106 valence electrons. The molecule has 1 saturated carbocycles. The van der Waals surface area contributed by atoms with Crippen LogP contribution < -0.4 is 5.32 Å². The first-order valence-electron chi connectivity index (χ1n) is 7.67. The monoisotopic (exact) mass is 254 g/mol. The molecular weight excluding hydrogens is 224 g/mol. The predicted molar refractivity (Wildman–Crippen MR) is 75.9 cm³/mol. The highest BCUT2D eigenvalue weighted by Crippen LogP contribution is 2.37. The van der Waals surface area contributed by atoms with E-state index in [0.717, 1.165) is 13.0 Å². The Hall–Kier alpha value is -0.120. The third kappa shape index (κ3) is 3.06. The van der Waals surface area contributed by atoms with E-state index in [0.29, 0.717) is 17.6 Å². The van der Waals surface area contributed by atoms with Gasteiger partial charge in [0.25, 0.3) is 0 Å². The molecule has 18 heavy (non-hydrogen) atoms. The van der Waals surface area contributed by atoms with Crippen molar-refractivity contribution in [3.8, 4) is 0 Å². The average Bonchev–Trinajstić information content (AvgIpc) is 2.40. The molecule has 0 aromatic carbocycles. The van der Waals surface area contributed by atoms with Gasteiger partial charge in [-0.25, -0.2) is 0 Å². The van der Waals surface area contributed by atoms with E-state index in [2.05, 4.69) is 24.1 Å². The summed E-state index contributed by atoms with van der Waals surface area (Å²) in [5.74, 6) is 0. The Balaban J connectivity index is 2.05. The van der Waals surface area contributed by atoms with Crippen molar-refractivity contribution < 1.29 is 4.74 Å². The molecule has 3 heteroatoms. The van der Waals surface area contributed by atoms with Crippen LogP contribution in [-0.4, -0.2) is 49.3 Å². The molecular formula is C15H30N2O. The molecule has 2 atom stereocenters. The Labute approximate surface area is 112 Å². The summed E-state index contributed by atoms with van der Waals surface area (Å²) in [6.45, 7) is 7.96. The third-order valence-corrected chi connectivity index (χ3v) is 4.92. The van der Waals surface area contributed by atoms with Crippen molar-refractivity contribution in [1.82, 2.24) is 10.2 Å². The molecule has 1 spiro atoms. The van der Waals surface area contributed by atoms with E-state index < -0.39 is 0 Å². The molecule has 0 aromatic heterocycles. The molecule has 1 aliphatic heterocycles. The van der Waals surface area contributed by atoms with Crippen LogP contribution in [0, 0.1) is 0 Å². The average molecular weight is 254 g/mol. The Bertz CT molecular complexity index is 251. The highest BCUT2D eigenvalue weighted by atomic mass is 16.5. The summed E-state index contributed by atoms with van der Waals surface area (Å²) < 4.78 is 5.26. The second-order valence-electron chi connectivity index (χ2n) is 6.35. The van der Waals surface area contributed by atoms with Crippen molar-refractivity contribution in [2.75, 3.05) is 26.8 Å². The van der Waals surface area contributed by atoms with Gasteiger partial charge in [-0.05, 0) is 33.1 Å². The minimum absolute atomic E-state index is 0.442. The standard InChI is InChI=1S/C15H30N2O/c1-13-11-17(14(2)7-10-18-3)15(12-16-13)8-5-4-6-9-15/h13-14,16H,4-12H2,1-3H3. The molecule has 0 aromatic rings. The van der Waals surface area contributed by atoms with Crippen molar-refractivity contribution in [2.24, 2.45) is 0 Å². The highest BCUT2D eigenvalue weighted by Gasteiger charge is 2.42. The van der Waals surface area contributed by atoms with Gasteiger partial charge < -0.3 is 10.1 Å². The van der Waals surface area contributed by atoms with Crippen LogP contribution in [0.5, 0.6) is 0 Å². The van der Waals surface area contributed by atoms with Crippen molar-refractivity contribution in [2.45, 2.75) is 70.0 Å². The van der Waals surface area contributed by atoms with Gasteiger partial charge in [-0.2, -0.15) is 0 Å². The van der Waals surface area contributed by atoms with Crippen LogP contribution in [0.3, 0.4) is 0 Å². The van der Waals surface area contributed by atoms with Crippen LogP contribution in [0.2, 0.25) is 0 Å². The van der Waals surface area contributed by atoms with Gasteiger partial charge in [-0.15, -0.1) is 0 Å². The van der Waals surface area contributed by atoms with Crippen molar-refractivity contribution >= 4 is 0 Å². The van der Waals surface area contributed by atoms with Gasteiger partial charge in [-0.3, -0.25) is 4.90 Å². The topological polar surface area (TPSA) is 24.5 Å². The summed E-state index contributed by atoms with van der Waals surface area (Å²) in [4.78, 5) is 2.80. The second kappa shape index (κ2) is 6.36. The van der Waals surface area contributed by atoms with E-state index in [4.69, 9.17) is 4.74 Å². The second-order valence-corrected chi connectivity index (χ2v) is 6.35. The van der Waals surface area contributed by atoms with E-state index in [-0.39, 0.29) is 0 Å². The zero-order valence-electron chi connectivity index (χ0n) is 12.4. The van der Waals surface area contributed by atoms with Crippen LogP contribution in [0.15, 0.2) is 0 Å². The maximum atomic E-state index is 5.26. The van der Waals surface area contributed by atoms with Gasteiger partial charge in [0.05, 0.1) is 0 Å². The highest BCUT2D eigenvalue weighted by molar-refractivity contribution is 5.01. The van der Waals surface area contributed by atoms with Crippen molar-refractivity contribution in [3.05, 3.63) is 0 Å². The molecule has 0 bridgehead atoms. The summed E-state index contributed by atoms with van der Waals surface area (Å²) in [5.41, 5.74) is 0.442. The number of piperazine rings is 1. The number of hydrogen-bond donors (Lipinski definition) is 1. The quantitative estimate of drug-likeness (QED) is 0.834. The first kappa shape index (κ1) is 14.3. The molecule has 2 aliphatic rings. The molecule has 2 unspecified atom stereocenters. The number of nitrogens with zero attached hydrogens (tertiary/aromatic N) is 1. The number of hydrogen-bond acceptors (Lipinski definition) is 3. The Kier molecular flexibility index (Phi) is 5.05.